The SMILES string of the molecule is CCC(Br)C(=O)Nc1cc(C#N)cc(F)c1C. The summed E-state index contributed by atoms with van der Waals surface area (Å²) in [6, 6.07) is 4.46. The highest BCUT2D eigenvalue weighted by Gasteiger charge is 2.15. The van der Waals surface area contributed by atoms with Crippen LogP contribution in [0.15, 0.2) is 12.1 Å². The number of nitriles is 1. The van der Waals surface area contributed by atoms with Gasteiger partial charge in [-0.05, 0) is 25.5 Å². The highest BCUT2D eigenvalue weighted by atomic mass is 79.9. The summed E-state index contributed by atoms with van der Waals surface area (Å²) in [5.74, 6) is -0.743. The predicted molar refractivity (Wildman–Crippen MR) is 67.5 cm³/mol. The summed E-state index contributed by atoms with van der Waals surface area (Å²) in [4.78, 5) is 11.3. The Kier molecular flexibility index (Phi) is 4.64. The van der Waals surface area contributed by atoms with Crippen molar-refractivity contribution in [3.8, 4) is 6.07 Å². The minimum atomic E-state index is -0.498. The number of carbonyl (C=O) groups is 1. The first-order valence-electron chi connectivity index (χ1n) is 5.14. The summed E-state index contributed by atoms with van der Waals surface area (Å²) < 4.78 is 13.4. The van der Waals surface area contributed by atoms with Crippen molar-refractivity contribution in [1.29, 1.82) is 5.26 Å². The average molecular weight is 299 g/mol. The number of nitrogens with one attached hydrogen (secondary N) is 1. The van der Waals surface area contributed by atoms with E-state index in [2.05, 4.69) is 21.2 Å². The molecule has 0 radical (unpaired) electrons. The average Bonchev–Trinajstić information content (AvgIpc) is 2.33. The molecule has 0 aromatic heterocycles. The van der Waals surface area contributed by atoms with Gasteiger partial charge in [-0.25, -0.2) is 4.39 Å². The molecule has 90 valence electrons. The fourth-order valence-corrected chi connectivity index (χ4v) is 1.38. The third kappa shape index (κ3) is 3.27. The van der Waals surface area contributed by atoms with E-state index in [4.69, 9.17) is 5.26 Å². The molecule has 1 N–H and O–H groups in total. The summed E-state index contributed by atoms with van der Waals surface area (Å²) in [7, 11) is 0. The zero-order valence-electron chi connectivity index (χ0n) is 9.55. The number of hydrogen-bond acceptors (Lipinski definition) is 2. The number of hydrogen-bond donors (Lipinski definition) is 1. The molecule has 0 fully saturated rings. The number of anilines is 1. The topological polar surface area (TPSA) is 52.9 Å². The Hall–Kier alpha value is -1.41. The molecule has 0 heterocycles. The van der Waals surface area contributed by atoms with Crippen LogP contribution in [0.4, 0.5) is 10.1 Å². The van der Waals surface area contributed by atoms with E-state index in [0.717, 1.165) is 6.07 Å². The van der Waals surface area contributed by atoms with Gasteiger partial charge in [0.05, 0.1) is 16.5 Å². The molecular formula is C12H12BrFN2O. The molecule has 0 bridgehead atoms. The molecule has 0 saturated carbocycles. The number of benzene rings is 1. The predicted octanol–water partition coefficient (Wildman–Crippen LogP) is 3.12. The molecule has 5 heteroatoms. The van der Waals surface area contributed by atoms with Gasteiger partial charge in [0, 0.05) is 11.3 Å². The van der Waals surface area contributed by atoms with E-state index < -0.39 is 5.82 Å². The minimum Gasteiger partial charge on any atom is -0.325 e. The Labute approximate surface area is 108 Å². The Morgan fingerprint density at radius 1 is 1.65 bits per heavy atom. The first kappa shape index (κ1) is 13.7. The molecule has 0 spiro atoms. The normalized spacial score (nSPS) is 11.7. The Morgan fingerprint density at radius 3 is 2.82 bits per heavy atom. The van der Waals surface area contributed by atoms with E-state index in [1.54, 1.807) is 6.92 Å². The van der Waals surface area contributed by atoms with Gasteiger partial charge in [0.25, 0.3) is 0 Å². The van der Waals surface area contributed by atoms with Gasteiger partial charge in [0.15, 0.2) is 0 Å². The van der Waals surface area contributed by atoms with E-state index in [-0.39, 0.29) is 16.3 Å². The van der Waals surface area contributed by atoms with Crippen LogP contribution in [0, 0.1) is 24.1 Å². The minimum absolute atomic E-state index is 0.186. The number of nitrogens with zero attached hydrogens (tertiary/aromatic N) is 1. The monoisotopic (exact) mass is 298 g/mol. The highest BCUT2D eigenvalue weighted by molar-refractivity contribution is 9.10. The van der Waals surface area contributed by atoms with Crippen molar-refractivity contribution in [3.63, 3.8) is 0 Å². The van der Waals surface area contributed by atoms with Crippen molar-refractivity contribution in [1.82, 2.24) is 0 Å². The molecule has 1 aromatic rings. The molecule has 3 nitrogen and oxygen atoms in total. The molecule has 1 aromatic carbocycles. The van der Waals surface area contributed by atoms with Gasteiger partial charge in [-0.1, -0.05) is 22.9 Å². The zero-order chi connectivity index (χ0) is 13.0. The Morgan fingerprint density at radius 2 is 2.29 bits per heavy atom. The molecule has 1 unspecified atom stereocenters. The van der Waals surface area contributed by atoms with E-state index >= 15 is 0 Å². The largest absolute Gasteiger partial charge is 0.325 e. The van der Waals surface area contributed by atoms with Gasteiger partial charge >= 0.3 is 0 Å². The molecule has 0 aliphatic rings. The van der Waals surface area contributed by atoms with Crippen LogP contribution in [-0.4, -0.2) is 10.7 Å². The fraction of sp³-hybridized carbons (Fsp3) is 0.333. The quantitative estimate of drug-likeness (QED) is 0.872. The maximum Gasteiger partial charge on any atom is 0.238 e. The molecule has 0 aliphatic heterocycles. The van der Waals surface area contributed by atoms with Crippen LogP contribution in [0.2, 0.25) is 0 Å². The second kappa shape index (κ2) is 5.78. The van der Waals surface area contributed by atoms with E-state index in [1.807, 2.05) is 13.0 Å². The van der Waals surface area contributed by atoms with E-state index in [1.165, 1.54) is 6.07 Å². The van der Waals surface area contributed by atoms with E-state index in [0.29, 0.717) is 17.7 Å². The maximum absolute atomic E-state index is 13.4. The van der Waals surface area contributed by atoms with Crippen molar-refractivity contribution in [2.24, 2.45) is 0 Å². The lowest BCUT2D eigenvalue weighted by atomic mass is 10.1. The Bertz CT molecular complexity index is 482. The van der Waals surface area contributed by atoms with Crippen molar-refractivity contribution >= 4 is 27.5 Å². The van der Waals surface area contributed by atoms with Crippen LogP contribution in [0.3, 0.4) is 0 Å². The molecule has 0 aliphatic carbocycles. The van der Waals surface area contributed by atoms with Gasteiger partial charge in [0.2, 0.25) is 5.91 Å². The maximum atomic E-state index is 13.4. The number of carbonyl (C=O) groups excluding carboxylic acids is 1. The fourth-order valence-electron chi connectivity index (χ4n) is 1.27. The smallest absolute Gasteiger partial charge is 0.238 e. The first-order chi connectivity index (χ1) is 7.99. The molecule has 1 amide bonds. The second-order valence-electron chi connectivity index (χ2n) is 3.61. The third-order valence-corrected chi connectivity index (χ3v) is 3.44. The van der Waals surface area contributed by atoms with Crippen LogP contribution in [0.25, 0.3) is 0 Å². The van der Waals surface area contributed by atoms with Crippen LogP contribution in [0.5, 0.6) is 0 Å². The summed E-state index contributed by atoms with van der Waals surface area (Å²) in [5.41, 5.74) is 0.851. The van der Waals surface area contributed by atoms with Crippen LogP contribution >= 0.6 is 15.9 Å². The summed E-state index contributed by atoms with van der Waals surface area (Å²) in [5, 5.41) is 11.3. The van der Waals surface area contributed by atoms with Gasteiger partial charge in [-0.2, -0.15) is 5.26 Å². The van der Waals surface area contributed by atoms with Crippen molar-refractivity contribution in [2.45, 2.75) is 25.1 Å². The number of rotatable bonds is 3. The Balaban J connectivity index is 3.03. The molecule has 17 heavy (non-hydrogen) atoms. The third-order valence-electron chi connectivity index (χ3n) is 2.37. The number of alkyl halides is 1. The lowest BCUT2D eigenvalue weighted by Gasteiger charge is -2.12. The molecular weight excluding hydrogens is 287 g/mol. The molecule has 0 saturated heterocycles. The number of halogens is 2. The van der Waals surface area contributed by atoms with Crippen molar-refractivity contribution in [3.05, 3.63) is 29.1 Å². The molecule has 1 rings (SSSR count). The standard InChI is InChI=1S/C12H12BrFN2O/c1-3-9(13)12(17)16-11-5-8(6-15)4-10(14)7(11)2/h4-5,9H,3H2,1-2H3,(H,16,17). The van der Waals surface area contributed by atoms with Crippen LogP contribution in [-0.2, 0) is 4.79 Å². The first-order valence-corrected chi connectivity index (χ1v) is 6.06. The van der Waals surface area contributed by atoms with Gasteiger partial charge in [0.1, 0.15) is 5.82 Å². The van der Waals surface area contributed by atoms with E-state index in [9.17, 15) is 9.18 Å². The van der Waals surface area contributed by atoms with Crippen molar-refractivity contribution in [2.75, 3.05) is 5.32 Å². The van der Waals surface area contributed by atoms with Crippen LogP contribution in [0.1, 0.15) is 24.5 Å². The van der Waals surface area contributed by atoms with Crippen molar-refractivity contribution < 1.29 is 9.18 Å². The molecule has 1 atom stereocenters. The summed E-state index contributed by atoms with van der Waals surface area (Å²) in [6.45, 7) is 3.42. The van der Waals surface area contributed by atoms with Crippen LogP contribution < -0.4 is 5.32 Å². The number of amides is 1. The second-order valence-corrected chi connectivity index (χ2v) is 4.71. The lowest BCUT2D eigenvalue weighted by molar-refractivity contribution is -0.115. The van der Waals surface area contributed by atoms with Gasteiger partial charge in [-0.3, -0.25) is 4.79 Å². The lowest BCUT2D eigenvalue weighted by Crippen LogP contribution is -2.22. The summed E-state index contributed by atoms with van der Waals surface area (Å²) >= 11 is 3.21. The zero-order valence-corrected chi connectivity index (χ0v) is 11.1. The summed E-state index contributed by atoms with van der Waals surface area (Å²) in [6.07, 6.45) is 0.630. The van der Waals surface area contributed by atoms with Gasteiger partial charge in [-0.15, -0.1) is 0 Å². The van der Waals surface area contributed by atoms with Gasteiger partial charge < -0.3 is 5.32 Å². The highest BCUT2D eigenvalue weighted by Crippen LogP contribution is 2.21.